The fraction of sp³-hybridized carbons (Fsp3) is 0.625. The largest absolute Gasteiger partial charge is 0.373 e. The predicted molar refractivity (Wildman–Crippen MR) is 85.8 cm³/mol. The van der Waals surface area contributed by atoms with Gasteiger partial charge in [-0.3, -0.25) is 9.69 Å². The minimum atomic E-state index is 0.102. The summed E-state index contributed by atoms with van der Waals surface area (Å²) in [6.07, 6.45) is 0. The van der Waals surface area contributed by atoms with Crippen molar-refractivity contribution in [2.45, 2.75) is 33.2 Å². The zero-order chi connectivity index (χ0) is 15.6. The number of hydrogen-bond donors (Lipinski definition) is 1. The molecule has 0 spiro atoms. The van der Waals surface area contributed by atoms with E-state index in [0.29, 0.717) is 0 Å². The molecular weight excluding hydrogens is 264 g/mol. The van der Waals surface area contributed by atoms with Gasteiger partial charge in [0.1, 0.15) is 5.82 Å². The van der Waals surface area contributed by atoms with E-state index in [4.69, 9.17) is 0 Å². The first kappa shape index (κ1) is 15.8. The molecule has 0 bridgehead atoms. The molecule has 0 saturated carbocycles. The summed E-state index contributed by atoms with van der Waals surface area (Å²) in [5.74, 6) is 0.845. The minimum Gasteiger partial charge on any atom is -0.373 e. The standard InChI is InChI=1S/C16H26N4O/c1-12-10-13(11-14(17-5)18-12)15(21)19-6-8-20(9-7-19)16(2,3)4/h10-11H,6-9H2,1-5H3,(H,17,18). The number of aromatic nitrogens is 1. The molecule has 1 saturated heterocycles. The van der Waals surface area contributed by atoms with Crippen LogP contribution in [0.4, 0.5) is 5.82 Å². The van der Waals surface area contributed by atoms with Crippen LogP contribution in [-0.4, -0.2) is 59.5 Å². The number of carbonyl (C=O) groups excluding carboxylic acids is 1. The van der Waals surface area contributed by atoms with Gasteiger partial charge in [0.25, 0.3) is 5.91 Å². The Morgan fingerprint density at radius 1 is 1.19 bits per heavy atom. The maximum Gasteiger partial charge on any atom is 0.254 e. The summed E-state index contributed by atoms with van der Waals surface area (Å²) in [4.78, 5) is 21.3. The highest BCUT2D eigenvalue weighted by atomic mass is 16.2. The Morgan fingerprint density at radius 3 is 2.33 bits per heavy atom. The van der Waals surface area contributed by atoms with Gasteiger partial charge in [0, 0.05) is 50.0 Å². The molecule has 0 aliphatic carbocycles. The van der Waals surface area contributed by atoms with Crippen LogP contribution in [0.3, 0.4) is 0 Å². The highest BCUT2D eigenvalue weighted by Gasteiger charge is 2.28. The van der Waals surface area contributed by atoms with E-state index >= 15 is 0 Å². The zero-order valence-corrected chi connectivity index (χ0v) is 13.7. The van der Waals surface area contributed by atoms with Crippen LogP contribution >= 0.6 is 0 Å². The van der Waals surface area contributed by atoms with Gasteiger partial charge in [-0.2, -0.15) is 0 Å². The van der Waals surface area contributed by atoms with E-state index < -0.39 is 0 Å². The number of hydrogen-bond acceptors (Lipinski definition) is 4. The van der Waals surface area contributed by atoms with Gasteiger partial charge in [-0.25, -0.2) is 4.98 Å². The Labute approximate surface area is 127 Å². The SMILES string of the molecule is CNc1cc(C(=O)N2CCN(C(C)(C)C)CC2)cc(C)n1. The third-order valence-electron chi connectivity index (χ3n) is 3.97. The van der Waals surface area contributed by atoms with Crippen molar-refractivity contribution in [2.24, 2.45) is 0 Å². The Bertz CT molecular complexity index is 513. The van der Waals surface area contributed by atoms with Crippen molar-refractivity contribution < 1.29 is 4.79 Å². The van der Waals surface area contributed by atoms with Crippen molar-refractivity contribution in [3.05, 3.63) is 23.4 Å². The summed E-state index contributed by atoms with van der Waals surface area (Å²) in [5.41, 5.74) is 1.75. The Kier molecular flexibility index (Phi) is 4.52. The Hall–Kier alpha value is -1.62. The van der Waals surface area contributed by atoms with Gasteiger partial charge in [0.2, 0.25) is 0 Å². The molecule has 1 aromatic heterocycles. The lowest BCUT2D eigenvalue weighted by molar-refractivity contribution is 0.0451. The molecule has 1 fully saturated rings. The monoisotopic (exact) mass is 290 g/mol. The van der Waals surface area contributed by atoms with Crippen LogP contribution < -0.4 is 5.32 Å². The highest BCUT2D eigenvalue weighted by Crippen LogP contribution is 2.18. The molecule has 0 aromatic carbocycles. The molecule has 5 heteroatoms. The van der Waals surface area contributed by atoms with Gasteiger partial charge in [0.05, 0.1) is 0 Å². The van der Waals surface area contributed by atoms with Crippen LogP contribution in [0.1, 0.15) is 36.8 Å². The molecule has 0 radical (unpaired) electrons. The molecule has 1 aliphatic rings. The Balaban J connectivity index is 2.07. The summed E-state index contributed by atoms with van der Waals surface area (Å²) < 4.78 is 0. The molecule has 0 atom stereocenters. The molecule has 5 nitrogen and oxygen atoms in total. The van der Waals surface area contributed by atoms with Crippen molar-refractivity contribution in [2.75, 3.05) is 38.5 Å². The van der Waals surface area contributed by atoms with Crippen LogP contribution in [0.2, 0.25) is 0 Å². The molecule has 21 heavy (non-hydrogen) atoms. The second-order valence-electron chi connectivity index (χ2n) is 6.58. The maximum absolute atomic E-state index is 12.6. The molecule has 2 rings (SSSR count). The van der Waals surface area contributed by atoms with E-state index in [1.807, 2.05) is 31.0 Å². The third kappa shape index (κ3) is 3.73. The normalized spacial score (nSPS) is 16.9. The summed E-state index contributed by atoms with van der Waals surface area (Å²) in [6, 6.07) is 3.69. The average Bonchev–Trinajstić information content (AvgIpc) is 2.45. The van der Waals surface area contributed by atoms with Crippen molar-refractivity contribution >= 4 is 11.7 Å². The van der Waals surface area contributed by atoms with Crippen molar-refractivity contribution in [3.63, 3.8) is 0 Å². The summed E-state index contributed by atoms with van der Waals surface area (Å²) in [7, 11) is 1.82. The van der Waals surface area contributed by atoms with E-state index in [0.717, 1.165) is 43.3 Å². The first-order chi connectivity index (χ1) is 9.81. The number of nitrogens with zero attached hydrogens (tertiary/aromatic N) is 3. The van der Waals surface area contributed by atoms with E-state index in [1.54, 1.807) is 0 Å². The highest BCUT2D eigenvalue weighted by molar-refractivity contribution is 5.95. The summed E-state index contributed by atoms with van der Waals surface area (Å²) in [5, 5.41) is 3.00. The van der Waals surface area contributed by atoms with Gasteiger partial charge in [-0.05, 0) is 39.8 Å². The van der Waals surface area contributed by atoms with Gasteiger partial charge < -0.3 is 10.2 Å². The first-order valence-corrected chi connectivity index (χ1v) is 7.52. The molecule has 0 unspecified atom stereocenters. The zero-order valence-electron chi connectivity index (χ0n) is 13.7. The second kappa shape index (κ2) is 6.02. The first-order valence-electron chi connectivity index (χ1n) is 7.52. The van der Waals surface area contributed by atoms with Crippen LogP contribution in [0, 0.1) is 6.92 Å². The number of aryl methyl sites for hydroxylation is 1. The smallest absolute Gasteiger partial charge is 0.254 e. The van der Waals surface area contributed by atoms with Gasteiger partial charge in [-0.15, -0.1) is 0 Å². The van der Waals surface area contributed by atoms with E-state index in [2.05, 4.69) is 36.0 Å². The summed E-state index contributed by atoms with van der Waals surface area (Å²) >= 11 is 0. The minimum absolute atomic E-state index is 0.102. The molecular formula is C16H26N4O. The third-order valence-corrected chi connectivity index (χ3v) is 3.97. The van der Waals surface area contributed by atoms with E-state index in [1.165, 1.54) is 0 Å². The molecule has 116 valence electrons. The molecule has 2 heterocycles. The second-order valence-corrected chi connectivity index (χ2v) is 6.58. The number of anilines is 1. The number of carbonyl (C=O) groups is 1. The lowest BCUT2D eigenvalue weighted by Gasteiger charge is -2.42. The van der Waals surface area contributed by atoms with Crippen molar-refractivity contribution in [1.82, 2.24) is 14.8 Å². The Morgan fingerprint density at radius 2 is 1.81 bits per heavy atom. The van der Waals surface area contributed by atoms with Crippen LogP contribution in [0.15, 0.2) is 12.1 Å². The number of pyridine rings is 1. The lowest BCUT2D eigenvalue weighted by Crippen LogP contribution is -2.54. The number of piperazine rings is 1. The topological polar surface area (TPSA) is 48.5 Å². The molecule has 1 N–H and O–H groups in total. The van der Waals surface area contributed by atoms with Gasteiger partial charge in [0.15, 0.2) is 0 Å². The van der Waals surface area contributed by atoms with E-state index in [9.17, 15) is 4.79 Å². The van der Waals surface area contributed by atoms with Crippen molar-refractivity contribution in [1.29, 1.82) is 0 Å². The van der Waals surface area contributed by atoms with Gasteiger partial charge in [-0.1, -0.05) is 0 Å². The lowest BCUT2D eigenvalue weighted by atomic mass is 10.0. The quantitative estimate of drug-likeness (QED) is 0.905. The number of rotatable bonds is 2. The summed E-state index contributed by atoms with van der Waals surface area (Å²) in [6.45, 7) is 12.0. The molecule has 1 aliphatic heterocycles. The maximum atomic E-state index is 12.6. The fourth-order valence-electron chi connectivity index (χ4n) is 2.68. The van der Waals surface area contributed by atoms with Crippen LogP contribution in [-0.2, 0) is 0 Å². The number of nitrogens with one attached hydrogen (secondary N) is 1. The fourth-order valence-corrected chi connectivity index (χ4v) is 2.68. The molecule has 1 aromatic rings. The van der Waals surface area contributed by atoms with Gasteiger partial charge >= 0.3 is 0 Å². The van der Waals surface area contributed by atoms with E-state index in [-0.39, 0.29) is 11.4 Å². The predicted octanol–water partition coefficient (Wildman–Crippen LogP) is 1.99. The number of amides is 1. The van der Waals surface area contributed by atoms with Crippen molar-refractivity contribution in [3.8, 4) is 0 Å². The van der Waals surface area contributed by atoms with Crippen LogP contribution in [0.25, 0.3) is 0 Å². The van der Waals surface area contributed by atoms with Crippen LogP contribution in [0.5, 0.6) is 0 Å². The average molecular weight is 290 g/mol. The molecule has 1 amide bonds.